The largest absolute Gasteiger partial charge is 0.463 e. The first kappa shape index (κ1) is 22.5. The molecule has 3 aromatic carbocycles. The summed E-state index contributed by atoms with van der Waals surface area (Å²) in [7, 11) is 0. The Morgan fingerprint density at radius 3 is 2.62 bits per heavy atom. The van der Waals surface area contributed by atoms with Crippen LogP contribution in [0.2, 0.25) is 0 Å². The van der Waals surface area contributed by atoms with Crippen LogP contribution in [0.4, 0.5) is 5.69 Å². The topological polar surface area (TPSA) is 54.5 Å². The summed E-state index contributed by atoms with van der Waals surface area (Å²) in [5.41, 5.74) is 3.11. The zero-order valence-electron chi connectivity index (χ0n) is 18.6. The van der Waals surface area contributed by atoms with Gasteiger partial charge in [0.15, 0.2) is 0 Å². The van der Waals surface area contributed by atoms with E-state index in [2.05, 4.69) is 29.2 Å². The first-order chi connectivity index (χ1) is 16.6. The number of ether oxygens (including phenoxy) is 1. The smallest absolute Gasteiger partial charge is 0.330 e. The number of esters is 1. The van der Waals surface area contributed by atoms with Crippen LogP contribution in [0.3, 0.4) is 0 Å². The molecular formula is C28H23ClN2O2S. The minimum Gasteiger partial charge on any atom is -0.463 e. The van der Waals surface area contributed by atoms with Gasteiger partial charge in [-0.05, 0) is 42.3 Å². The molecule has 0 fully saturated rings. The van der Waals surface area contributed by atoms with Crippen LogP contribution in [-0.2, 0) is 14.9 Å². The zero-order valence-corrected chi connectivity index (χ0v) is 20.1. The number of halogens is 1. The SMILES string of the molecule is CCOC(=O)/C=C/[C@H](Cl)[C@@]1(c2c[nH]c3ccccc23)C(Sc2ccccc2)=Nc2ccccc21. The molecule has 4 nitrogen and oxygen atoms in total. The Balaban J connectivity index is 1.74. The predicted octanol–water partition coefficient (Wildman–Crippen LogP) is 7.02. The molecule has 0 saturated carbocycles. The fraction of sp³-hybridized carbons (Fsp3) is 0.143. The Morgan fingerprint density at radius 1 is 1.06 bits per heavy atom. The van der Waals surface area contributed by atoms with Gasteiger partial charge in [0, 0.05) is 28.1 Å². The molecule has 0 spiro atoms. The standard InChI is InChI=1S/C28H23ClN2O2S/c1-2-33-26(32)17-16-25(29)28(22-18-30-23-14-8-6-12-20(22)23)21-13-7-9-15-24(21)31-27(28)34-19-10-4-3-5-11-19/h3-18,25,30H,2H2,1H3/b17-16+/t25-,28+/m0/s1. The van der Waals surface area contributed by atoms with Crippen LogP contribution in [-0.4, -0.2) is 28.0 Å². The normalized spacial score (nSPS) is 18.1. The van der Waals surface area contributed by atoms with E-state index < -0.39 is 16.8 Å². The second kappa shape index (κ2) is 9.53. The molecule has 2 atom stereocenters. The lowest BCUT2D eigenvalue weighted by Crippen LogP contribution is -2.41. The summed E-state index contributed by atoms with van der Waals surface area (Å²) < 4.78 is 5.11. The highest BCUT2D eigenvalue weighted by Gasteiger charge is 2.51. The van der Waals surface area contributed by atoms with Crippen molar-refractivity contribution in [3.63, 3.8) is 0 Å². The molecule has 170 valence electrons. The summed E-state index contributed by atoms with van der Waals surface area (Å²) in [6.45, 7) is 2.09. The number of benzene rings is 3. The van der Waals surface area contributed by atoms with E-state index in [-0.39, 0.29) is 0 Å². The van der Waals surface area contributed by atoms with Crippen molar-refractivity contribution in [3.8, 4) is 0 Å². The van der Waals surface area contributed by atoms with E-state index in [0.29, 0.717) is 6.61 Å². The van der Waals surface area contributed by atoms with Crippen molar-refractivity contribution in [3.05, 3.63) is 108 Å². The minimum atomic E-state index is -0.804. The Morgan fingerprint density at radius 2 is 1.79 bits per heavy atom. The summed E-state index contributed by atoms with van der Waals surface area (Å²) in [4.78, 5) is 21.7. The molecule has 0 amide bonds. The molecule has 0 aliphatic carbocycles. The zero-order chi connectivity index (χ0) is 23.5. The fourth-order valence-electron chi connectivity index (χ4n) is 4.49. The summed E-state index contributed by atoms with van der Waals surface area (Å²) in [5.74, 6) is -0.414. The van der Waals surface area contributed by atoms with Gasteiger partial charge in [0.25, 0.3) is 0 Å². The maximum absolute atomic E-state index is 12.2. The van der Waals surface area contributed by atoms with E-state index in [4.69, 9.17) is 21.3 Å². The van der Waals surface area contributed by atoms with Gasteiger partial charge in [0.05, 0.1) is 28.1 Å². The van der Waals surface area contributed by atoms with Crippen LogP contribution in [0.25, 0.3) is 10.9 Å². The van der Waals surface area contributed by atoms with E-state index in [9.17, 15) is 4.79 Å². The van der Waals surface area contributed by atoms with Gasteiger partial charge in [-0.25, -0.2) is 9.79 Å². The van der Waals surface area contributed by atoms with Gasteiger partial charge in [-0.3, -0.25) is 0 Å². The number of aliphatic imine (C=N–C) groups is 1. The predicted molar refractivity (Wildman–Crippen MR) is 140 cm³/mol. The molecule has 2 heterocycles. The number of aromatic nitrogens is 1. The molecule has 4 aromatic rings. The quantitative estimate of drug-likeness (QED) is 0.181. The van der Waals surface area contributed by atoms with E-state index in [1.807, 2.05) is 60.8 Å². The monoisotopic (exact) mass is 486 g/mol. The van der Waals surface area contributed by atoms with Crippen molar-refractivity contribution in [2.75, 3.05) is 6.61 Å². The molecule has 0 radical (unpaired) electrons. The molecule has 1 aliphatic heterocycles. The number of carbonyl (C=O) groups excluding carboxylic acids is 1. The molecule has 0 saturated heterocycles. The number of allylic oxidation sites excluding steroid dienone is 1. The number of para-hydroxylation sites is 2. The lowest BCUT2D eigenvalue weighted by atomic mass is 9.73. The van der Waals surface area contributed by atoms with Crippen molar-refractivity contribution < 1.29 is 9.53 Å². The number of nitrogens with zero attached hydrogens (tertiary/aromatic N) is 1. The van der Waals surface area contributed by atoms with Gasteiger partial charge in [0.2, 0.25) is 0 Å². The summed E-state index contributed by atoms with van der Waals surface area (Å²) in [6, 6.07) is 26.4. The highest BCUT2D eigenvalue weighted by atomic mass is 35.5. The lowest BCUT2D eigenvalue weighted by Gasteiger charge is -2.35. The van der Waals surface area contributed by atoms with Gasteiger partial charge in [-0.2, -0.15) is 0 Å². The van der Waals surface area contributed by atoms with Gasteiger partial charge in [-0.15, -0.1) is 11.6 Å². The van der Waals surface area contributed by atoms with Crippen molar-refractivity contribution in [2.24, 2.45) is 4.99 Å². The van der Waals surface area contributed by atoms with Gasteiger partial charge >= 0.3 is 5.97 Å². The second-order valence-electron chi connectivity index (χ2n) is 7.92. The highest BCUT2D eigenvalue weighted by Crippen LogP contribution is 2.54. The maximum Gasteiger partial charge on any atom is 0.330 e. The lowest BCUT2D eigenvalue weighted by molar-refractivity contribution is -0.137. The molecule has 6 heteroatoms. The number of fused-ring (bicyclic) bond motifs is 2. The third-order valence-corrected chi connectivity index (χ3v) is 7.55. The molecule has 1 N–H and O–H groups in total. The molecule has 34 heavy (non-hydrogen) atoms. The van der Waals surface area contributed by atoms with E-state index in [1.165, 1.54) is 6.08 Å². The van der Waals surface area contributed by atoms with Crippen LogP contribution in [0, 0.1) is 0 Å². The third kappa shape index (κ3) is 3.85. The van der Waals surface area contributed by atoms with Crippen LogP contribution >= 0.6 is 23.4 Å². The first-order valence-electron chi connectivity index (χ1n) is 11.1. The van der Waals surface area contributed by atoms with Crippen LogP contribution in [0.5, 0.6) is 0 Å². The van der Waals surface area contributed by atoms with Crippen molar-refractivity contribution in [2.45, 2.75) is 22.6 Å². The number of alkyl halides is 1. The number of carbonyl (C=O) groups is 1. The number of H-pyrrole nitrogens is 1. The number of hydrogen-bond donors (Lipinski definition) is 1. The molecule has 0 unspecified atom stereocenters. The summed E-state index contributed by atoms with van der Waals surface area (Å²) in [6.07, 6.45) is 5.16. The van der Waals surface area contributed by atoms with Crippen LogP contribution in [0.1, 0.15) is 18.1 Å². The molecule has 5 rings (SSSR count). The second-order valence-corrected chi connectivity index (χ2v) is 9.45. The Labute approximate surface area is 207 Å². The van der Waals surface area contributed by atoms with E-state index in [0.717, 1.165) is 37.7 Å². The van der Waals surface area contributed by atoms with Gasteiger partial charge in [-0.1, -0.05) is 72.4 Å². The Hall–Kier alpha value is -3.28. The Kier molecular flexibility index (Phi) is 6.31. The molecular weight excluding hydrogens is 464 g/mol. The van der Waals surface area contributed by atoms with Crippen molar-refractivity contribution in [1.29, 1.82) is 0 Å². The number of aromatic amines is 1. The van der Waals surface area contributed by atoms with Gasteiger partial charge < -0.3 is 9.72 Å². The average Bonchev–Trinajstić information content (AvgIpc) is 3.43. The first-order valence-corrected chi connectivity index (χ1v) is 12.4. The maximum atomic E-state index is 12.2. The third-order valence-electron chi connectivity index (χ3n) is 5.96. The minimum absolute atomic E-state index is 0.309. The number of rotatable bonds is 6. The summed E-state index contributed by atoms with van der Waals surface area (Å²) >= 11 is 8.86. The van der Waals surface area contributed by atoms with Crippen molar-refractivity contribution >= 4 is 51.0 Å². The Bertz CT molecular complexity index is 1400. The van der Waals surface area contributed by atoms with E-state index in [1.54, 1.807) is 24.8 Å². The average molecular weight is 487 g/mol. The van der Waals surface area contributed by atoms with Crippen LogP contribution in [0.15, 0.2) is 107 Å². The fourth-order valence-corrected chi connectivity index (χ4v) is 6.14. The highest BCUT2D eigenvalue weighted by molar-refractivity contribution is 8.14. The number of thioether (sulfide) groups is 1. The number of nitrogens with one attached hydrogen (secondary N) is 1. The van der Waals surface area contributed by atoms with E-state index >= 15 is 0 Å². The molecule has 1 aromatic heterocycles. The van der Waals surface area contributed by atoms with Gasteiger partial charge in [0.1, 0.15) is 0 Å². The molecule has 1 aliphatic rings. The molecule has 0 bridgehead atoms. The number of hydrogen-bond acceptors (Lipinski definition) is 4. The van der Waals surface area contributed by atoms with Crippen molar-refractivity contribution in [1.82, 2.24) is 4.98 Å². The summed E-state index contributed by atoms with van der Waals surface area (Å²) in [5, 5.41) is 1.32. The van der Waals surface area contributed by atoms with Crippen LogP contribution < -0.4 is 0 Å².